The summed E-state index contributed by atoms with van der Waals surface area (Å²) in [4.78, 5) is 14.3. The zero-order chi connectivity index (χ0) is 14.0. The van der Waals surface area contributed by atoms with Crippen LogP contribution in [-0.2, 0) is 0 Å². The molecule has 0 spiro atoms. The van der Waals surface area contributed by atoms with Gasteiger partial charge >= 0.3 is 0 Å². The number of nitrogens with zero attached hydrogens (tertiary/aromatic N) is 1. The van der Waals surface area contributed by atoms with Gasteiger partial charge in [-0.05, 0) is 45.0 Å². The number of hydrogen-bond donors (Lipinski definition) is 2. The van der Waals surface area contributed by atoms with Crippen LogP contribution in [0.25, 0.3) is 0 Å². The Balaban J connectivity index is 1.91. The molecule has 1 amide bonds. The first-order valence-corrected chi connectivity index (χ1v) is 6.85. The minimum Gasteiger partial charge on any atom is -0.508 e. The van der Waals surface area contributed by atoms with Gasteiger partial charge in [-0.1, -0.05) is 11.6 Å². The molecule has 1 fully saturated rings. The summed E-state index contributed by atoms with van der Waals surface area (Å²) in [6.45, 7) is 2.65. The maximum Gasteiger partial charge on any atom is 0.252 e. The van der Waals surface area contributed by atoms with Gasteiger partial charge in [-0.3, -0.25) is 9.69 Å². The third-order valence-electron chi connectivity index (χ3n) is 3.57. The second kappa shape index (κ2) is 5.80. The fourth-order valence-corrected chi connectivity index (χ4v) is 2.21. The van der Waals surface area contributed by atoms with E-state index in [1.54, 1.807) is 0 Å². The highest BCUT2D eigenvalue weighted by molar-refractivity contribution is 6.33. The van der Waals surface area contributed by atoms with Crippen LogP contribution in [0.15, 0.2) is 18.2 Å². The summed E-state index contributed by atoms with van der Waals surface area (Å²) in [5.74, 6) is -0.213. The Morgan fingerprint density at radius 3 is 2.89 bits per heavy atom. The summed E-state index contributed by atoms with van der Waals surface area (Å²) < 4.78 is 0. The Morgan fingerprint density at radius 1 is 1.58 bits per heavy atom. The Labute approximate surface area is 118 Å². The number of nitrogens with one attached hydrogen (secondary N) is 1. The zero-order valence-electron chi connectivity index (χ0n) is 11.2. The van der Waals surface area contributed by atoms with Crippen molar-refractivity contribution in [3.05, 3.63) is 28.8 Å². The zero-order valence-corrected chi connectivity index (χ0v) is 11.9. The number of halogens is 1. The molecule has 1 aliphatic rings. The molecule has 1 atom stereocenters. The van der Waals surface area contributed by atoms with Gasteiger partial charge in [0.1, 0.15) is 5.75 Å². The van der Waals surface area contributed by atoms with Crippen molar-refractivity contribution in [2.24, 2.45) is 0 Å². The van der Waals surface area contributed by atoms with Crippen LogP contribution in [0, 0.1) is 0 Å². The maximum absolute atomic E-state index is 12.0. The van der Waals surface area contributed by atoms with Crippen molar-refractivity contribution < 1.29 is 9.90 Å². The van der Waals surface area contributed by atoms with Crippen LogP contribution in [0.2, 0.25) is 5.02 Å². The number of amides is 1. The average Bonchev–Trinajstić information content (AvgIpc) is 3.21. The molecule has 0 heterocycles. The van der Waals surface area contributed by atoms with Crippen molar-refractivity contribution in [2.75, 3.05) is 13.6 Å². The molecule has 0 radical (unpaired) electrons. The van der Waals surface area contributed by atoms with E-state index in [0.29, 0.717) is 23.2 Å². The summed E-state index contributed by atoms with van der Waals surface area (Å²) in [5, 5.41) is 12.6. The summed E-state index contributed by atoms with van der Waals surface area (Å²) in [6, 6.07) is 5.31. The highest BCUT2D eigenvalue weighted by Crippen LogP contribution is 2.26. The number of carbonyl (C=O) groups excluding carboxylic acids is 1. The quantitative estimate of drug-likeness (QED) is 0.871. The monoisotopic (exact) mass is 282 g/mol. The van der Waals surface area contributed by atoms with Crippen molar-refractivity contribution in [2.45, 2.75) is 31.8 Å². The van der Waals surface area contributed by atoms with Gasteiger partial charge in [0.2, 0.25) is 0 Å². The van der Waals surface area contributed by atoms with E-state index in [2.05, 4.69) is 24.2 Å². The number of phenols is 1. The average molecular weight is 283 g/mol. The highest BCUT2D eigenvalue weighted by atomic mass is 35.5. The molecule has 1 saturated carbocycles. The van der Waals surface area contributed by atoms with Gasteiger partial charge < -0.3 is 10.4 Å². The predicted molar refractivity (Wildman–Crippen MR) is 75.7 cm³/mol. The molecule has 0 bridgehead atoms. The highest BCUT2D eigenvalue weighted by Gasteiger charge is 2.29. The molecule has 0 aliphatic heterocycles. The normalized spacial score (nSPS) is 16.4. The van der Waals surface area contributed by atoms with E-state index < -0.39 is 0 Å². The van der Waals surface area contributed by atoms with Gasteiger partial charge in [0.05, 0.1) is 10.6 Å². The minimum absolute atomic E-state index is 0.0395. The minimum atomic E-state index is -0.253. The summed E-state index contributed by atoms with van der Waals surface area (Å²) in [6.07, 6.45) is 2.49. The van der Waals surface area contributed by atoms with Crippen LogP contribution in [0.4, 0.5) is 0 Å². The molecule has 2 N–H and O–H groups in total. The van der Waals surface area contributed by atoms with Crippen LogP contribution in [-0.4, -0.2) is 41.6 Å². The first kappa shape index (κ1) is 14.2. The summed E-state index contributed by atoms with van der Waals surface area (Å²) >= 11 is 5.95. The number of aromatic hydroxyl groups is 1. The van der Waals surface area contributed by atoms with Gasteiger partial charge in [0.25, 0.3) is 5.91 Å². The molecule has 1 aliphatic carbocycles. The molecule has 5 heteroatoms. The van der Waals surface area contributed by atoms with E-state index in [1.807, 2.05) is 0 Å². The number of likely N-dealkylation sites (N-methyl/N-ethyl adjacent to an activating group) is 1. The van der Waals surface area contributed by atoms with Crippen molar-refractivity contribution in [3.8, 4) is 5.75 Å². The topological polar surface area (TPSA) is 52.6 Å². The third kappa shape index (κ3) is 3.61. The predicted octanol–water partition coefficient (Wildman–Crippen LogP) is 2.26. The molecule has 0 saturated heterocycles. The van der Waals surface area contributed by atoms with E-state index in [-0.39, 0.29) is 17.7 Å². The van der Waals surface area contributed by atoms with Gasteiger partial charge in [-0.15, -0.1) is 0 Å². The molecular weight excluding hydrogens is 264 g/mol. The van der Waals surface area contributed by atoms with Gasteiger partial charge in [0.15, 0.2) is 0 Å². The maximum atomic E-state index is 12.0. The van der Waals surface area contributed by atoms with Crippen molar-refractivity contribution in [1.82, 2.24) is 10.2 Å². The number of phenolic OH excluding ortho intramolecular Hbond substituents is 1. The van der Waals surface area contributed by atoms with E-state index in [0.717, 1.165) is 0 Å². The molecule has 4 nitrogen and oxygen atoms in total. The van der Waals surface area contributed by atoms with Gasteiger partial charge in [-0.25, -0.2) is 0 Å². The summed E-state index contributed by atoms with van der Waals surface area (Å²) in [5.41, 5.74) is 0.308. The molecule has 1 aromatic carbocycles. The Morgan fingerprint density at radius 2 is 2.26 bits per heavy atom. The van der Waals surface area contributed by atoms with Crippen LogP contribution < -0.4 is 5.32 Å². The van der Waals surface area contributed by atoms with Gasteiger partial charge in [0, 0.05) is 18.6 Å². The van der Waals surface area contributed by atoms with Crippen molar-refractivity contribution >= 4 is 17.5 Å². The fraction of sp³-hybridized carbons (Fsp3) is 0.500. The molecule has 2 rings (SSSR count). The SMILES string of the molecule is CC(CNC(=O)c1cc(O)ccc1Cl)N(C)C1CC1. The molecule has 1 unspecified atom stereocenters. The van der Waals surface area contributed by atoms with Crippen molar-refractivity contribution in [3.63, 3.8) is 0 Å². The Bertz CT molecular complexity index is 475. The summed E-state index contributed by atoms with van der Waals surface area (Å²) in [7, 11) is 2.08. The number of benzene rings is 1. The second-order valence-electron chi connectivity index (χ2n) is 5.12. The van der Waals surface area contributed by atoms with Crippen LogP contribution in [0.3, 0.4) is 0 Å². The smallest absolute Gasteiger partial charge is 0.252 e. The van der Waals surface area contributed by atoms with E-state index in [1.165, 1.54) is 31.0 Å². The molecule has 19 heavy (non-hydrogen) atoms. The Hall–Kier alpha value is -1.26. The molecule has 104 valence electrons. The lowest BCUT2D eigenvalue weighted by Crippen LogP contribution is -2.41. The van der Waals surface area contributed by atoms with Crippen molar-refractivity contribution in [1.29, 1.82) is 0 Å². The molecular formula is C14H19ClN2O2. The van der Waals surface area contributed by atoms with E-state index in [4.69, 9.17) is 11.6 Å². The van der Waals surface area contributed by atoms with Gasteiger partial charge in [-0.2, -0.15) is 0 Å². The van der Waals surface area contributed by atoms with E-state index >= 15 is 0 Å². The number of carbonyl (C=O) groups is 1. The number of hydrogen-bond acceptors (Lipinski definition) is 3. The lowest BCUT2D eigenvalue weighted by atomic mass is 10.2. The van der Waals surface area contributed by atoms with Crippen LogP contribution >= 0.6 is 11.6 Å². The lowest BCUT2D eigenvalue weighted by Gasteiger charge is -2.24. The Kier molecular flexibility index (Phi) is 4.32. The first-order valence-electron chi connectivity index (χ1n) is 6.47. The molecule has 1 aromatic rings. The standard InChI is InChI=1S/C14H19ClN2O2/c1-9(17(2)10-3-4-10)8-16-14(19)12-7-11(18)5-6-13(12)15/h5-7,9-10,18H,3-4,8H2,1-2H3,(H,16,19). The lowest BCUT2D eigenvalue weighted by molar-refractivity contribution is 0.0939. The van der Waals surface area contributed by atoms with Crippen LogP contribution in [0.1, 0.15) is 30.1 Å². The first-order chi connectivity index (χ1) is 8.99. The molecule has 0 aromatic heterocycles. The largest absolute Gasteiger partial charge is 0.508 e. The second-order valence-corrected chi connectivity index (χ2v) is 5.53. The number of rotatable bonds is 5. The fourth-order valence-electron chi connectivity index (χ4n) is 2.01. The van der Waals surface area contributed by atoms with Crippen LogP contribution in [0.5, 0.6) is 5.75 Å². The van der Waals surface area contributed by atoms with E-state index in [9.17, 15) is 9.90 Å². The third-order valence-corrected chi connectivity index (χ3v) is 3.90.